The summed E-state index contributed by atoms with van der Waals surface area (Å²) in [5.74, 6) is -0.677. The zero-order valence-electron chi connectivity index (χ0n) is 24.5. The second-order valence-electron chi connectivity index (χ2n) is 12.4. The molecule has 222 valence electrons. The van der Waals surface area contributed by atoms with Crippen LogP contribution in [0.4, 0.5) is 15.4 Å². The Labute approximate surface area is 233 Å². The van der Waals surface area contributed by atoms with Gasteiger partial charge in [0, 0.05) is 6.54 Å². The van der Waals surface area contributed by atoms with Crippen LogP contribution in [0.2, 0.25) is 0 Å². The highest BCUT2D eigenvalue weighted by atomic mass is 16.8. The fourth-order valence-electron chi connectivity index (χ4n) is 4.64. The fourth-order valence-corrected chi connectivity index (χ4v) is 4.64. The number of imidazole rings is 1. The average molecular weight is 564 g/mol. The molecule has 14 nitrogen and oxygen atoms in total. The standard InChI is InChI=1S/C26H41N7O7/c1-24(2,3)39-22(34)31-19-16-20(29-13-28-19)33(14-30-16)21-18-17(37-26(7,8)38-18)15(36-21)12-32(11-9-10-27)23(35)40-25(4,5)6/h13-15,17-18,21H,9-12,27H2,1-8H3,(H,28,29,31,34)/t15-,17-,18-,21-/m1/s1. The zero-order chi connectivity index (χ0) is 29.5. The Hall–Kier alpha value is -3.07. The molecule has 2 amide bonds. The molecule has 0 spiro atoms. The van der Waals surface area contributed by atoms with Crippen molar-refractivity contribution in [2.45, 2.75) is 103 Å². The number of ether oxygens (including phenoxy) is 5. The van der Waals surface area contributed by atoms with Crippen LogP contribution >= 0.6 is 0 Å². The number of rotatable bonds is 7. The number of hydrogen-bond donors (Lipinski definition) is 2. The Morgan fingerprint density at radius 3 is 2.40 bits per heavy atom. The monoisotopic (exact) mass is 563 g/mol. The van der Waals surface area contributed by atoms with E-state index >= 15 is 0 Å². The first-order valence-electron chi connectivity index (χ1n) is 13.4. The molecule has 4 heterocycles. The SMILES string of the molecule is CC(C)(C)OC(=O)Nc1ncnc2c1ncn2[C@@H]1O[C@H](CN(CCCN)C(=O)OC(C)(C)C)[C@H]2OC(C)(C)O[C@H]21. The second-order valence-corrected chi connectivity index (χ2v) is 12.4. The number of nitrogens with two attached hydrogens (primary N) is 1. The molecule has 0 saturated carbocycles. The summed E-state index contributed by atoms with van der Waals surface area (Å²) < 4.78 is 31.7. The number of aromatic nitrogens is 4. The summed E-state index contributed by atoms with van der Waals surface area (Å²) >= 11 is 0. The summed E-state index contributed by atoms with van der Waals surface area (Å²) in [6.07, 6.45) is 0.133. The van der Waals surface area contributed by atoms with E-state index in [1.54, 1.807) is 36.6 Å². The van der Waals surface area contributed by atoms with E-state index in [0.717, 1.165) is 0 Å². The topological polar surface area (TPSA) is 165 Å². The minimum atomic E-state index is -0.877. The molecule has 0 radical (unpaired) electrons. The first-order chi connectivity index (χ1) is 18.6. The molecule has 2 fully saturated rings. The molecular weight excluding hydrogens is 522 g/mol. The number of nitrogens with one attached hydrogen (secondary N) is 1. The van der Waals surface area contributed by atoms with E-state index in [4.69, 9.17) is 29.4 Å². The highest BCUT2D eigenvalue weighted by Crippen LogP contribution is 2.44. The van der Waals surface area contributed by atoms with E-state index < -0.39 is 53.7 Å². The smallest absolute Gasteiger partial charge is 0.413 e. The normalized spacial score (nSPS) is 24.1. The summed E-state index contributed by atoms with van der Waals surface area (Å²) in [5, 5.41) is 2.64. The molecule has 4 atom stereocenters. The van der Waals surface area contributed by atoms with Crippen molar-refractivity contribution in [3.8, 4) is 0 Å². The predicted octanol–water partition coefficient (Wildman–Crippen LogP) is 3.18. The predicted molar refractivity (Wildman–Crippen MR) is 144 cm³/mol. The Kier molecular flexibility index (Phi) is 8.28. The van der Waals surface area contributed by atoms with Gasteiger partial charge < -0.3 is 34.3 Å². The molecule has 2 aliphatic rings. The molecular formula is C26H41N7O7. The van der Waals surface area contributed by atoms with E-state index in [-0.39, 0.29) is 12.4 Å². The third-order valence-electron chi connectivity index (χ3n) is 6.06. The van der Waals surface area contributed by atoms with E-state index in [1.165, 1.54) is 6.33 Å². The molecule has 40 heavy (non-hydrogen) atoms. The number of carbonyl (C=O) groups excluding carboxylic acids is 2. The van der Waals surface area contributed by atoms with Crippen LogP contribution in [-0.2, 0) is 23.7 Å². The van der Waals surface area contributed by atoms with Crippen LogP contribution in [-0.4, -0.2) is 91.5 Å². The maximum absolute atomic E-state index is 13.0. The van der Waals surface area contributed by atoms with Crippen molar-refractivity contribution in [1.82, 2.24) is 24.4 Å². The number of amides is 2. The minimum absolute atomic E-state index is 0.200. The maximum Gasteiger partial charge on any atom is 0.413 e. The Morgan fingerprint density at radius 2 is 1.75 bits per heavy atom. The van der Waals surface area contributed by atoms with Gasteiger partial charge in [-0.1, -0.05) is 0 Å². The number of fused-ring (bicyclic) bond motifs is 2. The van der Waals surface area contributed by atoms with Gasteiger partial charge in [-0.25, -0.2) is 24.5 Å². The molecule has 2 aliphatic heterocycles. The molecule has 2 saturated heterocycles. The van der Waals surface area contributed by atoms with Crippen LogP contribution in [0, 0.1) is 0 Å². The van der Waals surface area contributed by atoms with Crippen LogP contribution < -0.4 is 11.1 Å². The molecule has 3 N–H and O–H groups in total. The lowest BCUT2D eigenvalue weighted by molar-refractivity contribution is -0.197. The van der Waals surface area contributed by atoms with E-state index in [9.17, 15) is 9.59 Å². The van der Waals surface area contributed by atoms with Gasteiger partial charge in [-0.3, -0.25) is 9.88 Å². The van der Waals surface area contributed by atoms with Gasteiger partial charge in [0.2, 0.25) is 0 Å². The Morgan fingerprint density at radius 1 is 1.07 bits per heavy atom. The average Bonchev–Trinajstić information content (AvgIpc) is 3.45. The number of hydrogen-bond acceptors (Lipinski definition) is 11. The van der Waals surface area contributed by atoms with Crippen molar-refractivity contribution in [3.63, 3.8) is 0 Å². The van der Waals surface area contributed by atoms with Gasteiger partial charge in [-0.15, -0.1) is 0 Å². The first-order valence-corrected chi connectivity index (χ1v) is 13.4. The molecule has 4 rings (SSSR count). The molecule has 2 aromatic heterocycles. The van der Waals surface area contributed by atoms with Gasteiger partial charge in [0.1, 0.15) is 35.8 Å². The number of nitrogens with zero attached hydrogens (tertiary/aromatic N) is 5. The van der Waals surface area contributed by atoms with Crippen LogP contribution in [0.15, 0.2) is 12.7 Å². The van der Waals surface area contributed by atoms with Gasteiger partial charge in [0.05, 0.1) is 12.9 Å². The summed E-state index contributed by atoms with van der Waals surface area (Å²) in [6, 6.07) is 0. The molecule has 0 bridgehead atoms. The lowest BCUT2D eigenvalue weighted by Crippen LogP contribution is -2.45. The van der Waals surface area contributed by atoms with E-state index in [2.05, 4.69) is 20.3 Å². The second kappa shape index (κ2) is 11.1. The minimum Gasteiger partial charge on any atom is -0.444 e. The van der Waals surface area contributed by atoms with Crippen molar-refractivity contribution >= 4 is 29.2 Å². The van der Waals surface area contributed by atoms with Crippen molar-refractivity contribution in [2.24, 2.45) is 5.73 Å². The van der Waals surface area contributed by atoms with Crippen LogP contribution in [0.1, 0.15) is 68.0 Å². The Balaban J connectivity index is 1.60. The van der Waals surface area contributed by atoms with Gasteiger partial charge in [-0.2, -0.15) is 0 Å². The third-order valence-corrected chi connectivity index (χ3v) is 6.06. The highest BCUT2D eigenvalue weighted by molar-refractivity contribution is 5.93. The third kappa shape index (κ3) is 6.97. The molecule has 0 aromatic carbocycles. The van der Waals surface area contributed by atoms with Crippen LogP contribution in [0.25, 0.3) is 11.2 Å². The fraction of sp³-hybridized carbons (Fsp3) is 0.731. The molecule has 14 heteroatoms. The first kappa shape index (κ1) is 29.9. The van der Waals surface area contributed by atoms with Crippen molar-refractivity contribution < 1.29 is 33.3 Å². The maximum atomic E-state index is 13.0. The van der Waals surface area contributed by atoms with Gasteiger partial charge >= 0.3 is 12.2 Å². The van der Waals surface area contributed by atoms with Gasteiger partial charge in [-0.05, 0) is 68.4 Å². The Bertz CT molecular complexity index is 1220. The van der Waals surface area contributed by atoms with Gasteiger partial charge in [0.25, 0.3) is 0 Å². The number of carbonyl (C=O) groups is 2. The van der Waals surface area contributed by atoms with E-state index in [0.29, 0.717) is 30.7 Å². The quantitative estimate of drug-likeness (QED) is 0.508. The largest absolute Gasteiger partial charge is 0.444 e. The summed E-state index contributed by atoms with van der Waals surface area (Å²) in [6.45, 7) is 15.5. The van der Waals surface area contributed by atoms with Crippen molar-refractivity contribution in [2.75, 3.05) is 25.0 Å². The molecule has 0 unspecified atom stereocenters. The van der Waals surface area contributed by atoms with Crippen molar-refractivity contribution in [1.29, 1.82) is 0 Å². The highest BCUT2D eigenvalue weighted by Gasteiger charge is 2.56. The summed E-state index contributed by atoms with van der Waals surface area (Å²) in [4.78, 5) is 40.0. The van der Waals surface area contributed by atoms with Crippen LogP contribution in [0.5, 0.6) is 0 Å². The lowest BCUT2D eigenvalue weighted by atomic mass is 10.1. The van der Waals surface area contributed by atoms with Crippen LogP contribution in [0.3, 0.4) is 0 Å². The van der Waals surface area contributed by atoms with E-state index in [1.807, 2.05) is 34.6 Å². The number of anilines is 1. The van der Waals surface area contributed by atoms with Crippen molar-refractivity contribution in [3.05, 3.63) is 12.7 Å². The lowest BCUT2D eigenvalue weighted by Gasteiger charge is -2.31. The zero-order valence-corrected chi connectivity index (χ0v) is 24.5. The van der Waals surface area contributed by atoms with Gasteiger partial charge in [0.15, 0.2) is 29.0 Å². The summed E-state index contributed by atoms with van der Waals surface area (Å²) in [7, 11) is 0. The molecule has 0 aliphatic carbocycles. The molecule has 2 aromatic rings. The summed E-state index contributed by atoms with van der Waals surface area (Å²) in [5.41, 5.74) is 5.17.